The molecule has 3 rings (SSSR count). The van der Waals surface area contributed by atoms with Crippen LogP contribution < -0.4 is 5.43 Å². The molecule has 0 amide bonds. The van der Waals surface area contributed by atoms with Crippen LogP contribution in [0.15, 0.2) is 29.4 Å². The third-order valence-corrected chi connectivity index (χ3v) is 2.39. The Hall–Kier alpha value is -1.84. The molecule has 1 aliphatic rings. The van der Waals surface area contributed by atoms with Gasteiger partial charge in [0.2, 0.25) is 5.95 Å². The van der Waals surface area contributed by atoms with Gasteiger partial charge in [-0.05, 0) is 19.1 Å². The zero-order valence-electron chi connectivity index (χ0n) is 7.86. The van der Waals surface area contributed by atoms with E-state index in [0.29, 0.717) is 0 Å². The number of hydrogen-bond donors (Lipinski definition) is 1. The Labute approximate surface area is 81.3 Å². The van der Waals surface area contributed by atoms with Gasteiger partial charge in [0, 0.05) is 0 Å². The van der Waals surface area contributed by atoms with Crippen LogP contribution in [0.3, 0.4) is 0 Å². The second kappa shape index (κ2) is 2.57. The van der Waals surface area contributed by atoms with E-state index in [2.05, 4.69) is 26.1 Å². The molecule has 1 aliphatic heterocycles. The summed E-state index contributed by atoms with van der Waals surface area (Å²) < 4.78 is 2.14. The highest BCUT2D eigenvalue weighted by atomic mass is 15.4. The lowest BCUT2D eigenvalue weighted by Crippen LogP contribution is -2.16. The first-order chi connectivity index (χ1) is 6.84. The number of rotatable bonds is 0. The molecule has 1 aromatic heterocycles. The summed E-state index contributed by atoms with van der Waals surface area (Å²) in [6, 6.07) is 8.11. The fourth-order valence-corrected chi connectivity index (χ4v) is 1.73. The highest BCUT2D eigenvalue weighted by Gasteiger charge is 2.13. The second-order valence-electron chi connectivity index (χ2n) is 3.47. The molecule has 0 atom stereocenters. The van der Waals surface area contributed by atoms with Gasteiger partial charge < -0.3 is 4.57 Å². The molecule has 2 heterocycles. The molecule has 0 bridgehead atoms. The lowest BCUT2D eigenvalue weighted by molar-refractivity contribution is 0.848. The molecule has 0 radical (unpaired) electrons. The summed E-state index contributed by atoms with van der Waals surface area (Å²) >= 11 is 0. The van der Waals surface area contributed by atoms with E-state index in [1.165, 1.54) is 0 Å². The van der Waals surface area contributed by atoms with Gasteiger partial charge in [0.1, 0.15) is 0 Å². The molecule has 0 unspecified atom stereocenters. The van der Waals surface area contributed by atoms with Crippen LogP contribution >= 0.6 is 0 Å². The predicted molar refractivity (Wildman–Crippen MR) is 56.5 cm³/mol. The van der Waals surface area contributed by atoms with Crippen LogP contribution in [0.2, 0.25) is 0 Å². The first kappa shape index (κ1) is 7.55. The molecule has 14 heavy (non-hydrogen) atoms. The number of hydrogen-bond acceptors (Lipinski definition) is 3. The third-order valence-electron chi connectivity index (χ3n) is 2.39. The van der Waals surface area contributed by atoms with E-state index in [4.69, 9.17) is 0 Å². The number of imidazole rings is 1. The maximum atomic E-state index is 4.43. The van der Waals surface area contributed by atoms with Crippen LogP contribution in [-0.4, -0.2) is 15.3 Å². The fourth-order valence-electron chi connectivity index (χ4n) is 1.73. The molecule has 0 spiro atoms. The standard InChI is InChI=1S/C10H10N4/c1-7-6-14-9-5-3-2-4-8(9)11-10(14)13-12-7/h2-5H,6H2,1H3,(H,11,13). The average molecular weight is 186 g/mol. The first-order valence-corrected chi connectivity index (χ1v) is 4.59. The van der Waals surface area contributed by atoms with E-state index >= 15 is 0 Å². The Bertz CT molecular complexity index is 524. The van der Waals surface area contributed by atoms with Crippen LogP contribution in [0.5, 0.6) is 0 Å². The van der Waals surface area contributed by atoms with E-state index in [1.54, 1.807) is 0 Å². The Morgan fingerprint density at radius 3 is 3.14 bits per heavy atom. The van der Waals surface area contributed by atoms with Crippen molar-refractivity contribution in [3.05, 3.63) is 24.3 Å². The number of aromatic nitrogens is 2. The van der Waals surface area contributed by atoms with E-state index in [9.17, 15) is 0 Å². The minimum Gasteiger partial charge on any atom is -0.303 e. The van der Waals surface area contributed by atoms with Gasteiger partial charge in [-0.1, -0.05) is 12.1 Å². The van der Waals surface area contributed by atoms with Gasteiger partial charge in [-0.25, -0.2) is 10.4 Å². The smallest absolute Gasteiger partial charge is 0.225 e. The summed E-state index contributed by atoms with van der Waals surface area (Å²) in [4.78, 5) is 4.43. The van der Waals surface area contributed by atoms with Crippen LogP contribution in [0.25, 0.3) is 11.0 Å². The van der Waals surface area contributed by atoms with Gasteiger partial charge in [0.15, 0.2) is 0 Å². The molecule has 0 saturated carbocycles. The van der Waals surface area contributed by atoms with Crippen LogP contribution in [0.1, 0.15) is 6.92 Å². The van der Waals surface area contributed by atoms with Gasteiger partial charge in [-0.15, -0.1) is 0 Å². The van der Waals surface area contributed by atoms with Gasteiger partial charge in [-0.2, -0.15) is 5.10 Å². The molecule has 2 aromatic rings. The van der Waals surface area contributed by atoms with Crippen molar-refractivity contribution in [2.24, 2.45) is 5.10 Å². The van der Waals surface area contributed by atoms with Crippen LogP contribution in [0.4, 0.5) is 5.95 Å². The SMILES string of the molecule is CC1=NNc2nc3ccccc3n2C1. The quantitative estimate of drug-likeness (QED) is 0.682. The second-order valence-corrected chi connectivity index (χ2v) is 3.47. The topological polar surface area (TPSA) is 42.2 Å². The van der Waals surface area contributed by atoms with Crippen molar-refractivity contribution in [2.75, 3.05) is 5.43 Å². The summed E-state index contributed by atoms with van der Waals surface area (Å²) in [5, 5.41) is 4.15. The number of nitrogens with zero attached hydrogens (tertiary/aromatic N) is 3. The van der Waals surface area contributed by atoms with E-state index in [0.717, 1.165) is 29.2 Å². The van der Waals surface area contributed by atoms with Crippen molar-refractivity contribution >= 4 is 22.7 Å². The number of benzene rings is 1. The molecule has 70 valence electrons. The normalized spacial score (nSPS) is 14.8. The van der Waals surface area contributed by atoms with Gasteiger partial charge in [0.25, 0.3) is 0 Å². The van der Waals surface area contributed by atoms with E-state index in [1.807, 2.05) is 25.1 Å². The minimum atomic E-state index is 0.822. The third kappa shape index (κ3) is 0.937. The molecule has 1 aromatic carbocycles. The number of nitrogens with one attached hydrogen (secondary N) is 1. The molecular weight excluding hydrogens is 176 g/mol. The number of hydrazone groups is 1. The summed E-state index contributed by atoms with van der Waals surface area (Å²) in [6.07, 6.45) is 0. The van der Waals surface area contributed by atoms with Crippen LogP contribution in [0, 0.1) is 0 Å². The largest absolute Gasteiger partial charge is 0.303 e. The zero-order chi connectivity index (χ0) is 9.54. The van der Waals surface area contributed by atoms with Crippen molar-refractivity contribution < 1.29 is 0 Å². The molecule has 0 fully saturated rings. The number of anilines is 1. The molecule has 1 N–H and O–H groups in total. The van der Waals surface area contributed by atoms with Gasteiger partial charge in [-0.3, -0.25) is 0 Å². The van der Waals surface area contributed by atoms with E-state index in [-0.39, 0.29) is 0 Å². The van der Waals surface area contributed by atoms with Crippen LogP contribution in [-0.2, 0) is 6.54 Å². The van der Waals surface area contributed by atoms with E-state index < -0.39 is 0 Å². The maximum absolute atomic E-state index is 4.43. The van der Waals surface area contributed by atoms with Crippen molar-refractivity contribution in [1.29, 1.82) is 0 Å². The lowest BCUT2D eigenvalue weighted by Gasteiger charge is -2.13. The van der Waals surface area contributed by atoms with Gasteiger partial charge >= 0.3 is 0 Å². The minimum absolute atomic E-state index is 0.822. The summed E-state index contributed by atoms with van der Waals surface area (Å²) in [5.41, 5.74) is 6.18. The Morgan fingerprint density at radius 1 is 1.36 bits per heavy atom. The van der Waals surface area contributed by atoms with Crippen molar-refractivity contribution in [1.82, 2.24) is 9.55 Å². The molecule has 0 saturated heterocycles. The monoisotopic (exact) mass is 186 g/mol. The molecule has 0 aliphatic carbocycles. The van der Waals surface area contributed by atoms with Crippen molar-refractivity contribution in [3.8, 4) is 0 Å². The maximum Gasteiger partial charge on any atom is 0.225 e. The summed E-state index contributed by atoms with van der Waals surface area (Å²) in [7, 11) is 0. The highest BCUT2D eigenvalue weighted by molar-refractivity contribution is 5.88. The summed E-state index contributed by atoms with van der Waals surface area (Å²) in [6.45, 7) is 2.83. The number of fused-ring (bicyclic) bond motifs is 3. The van der Waals surface area contributed by atoms with Crippen molar-refractivity contribution in [2.45, 2.75) is 13.5 Å². The van der Waals surface area contributed by atoms with Crippen molar-refractivity contribution in [3.63, 3.8) is 0 Å². The fraction of sp³-hybridized carbons (Fsp3) is 0.200. The first-order valence-electron chi connectivity index (χ1n) is 4.59. The Balaban J connectivity index is 2.29. The van der Waals surface area contributed by atoms with Gasteiger partial charge in [0.05, 0.1) is 23.3 Å². The molecular formula is C10H10N4. The lowest BCUT2D eigenvalue weighted by atomic mass is 10.3. The Kier molecular flexibility index (Phi) is 1.39. The Morgan fingerprint density at radius 2 is 2.21 bits per heavy atom. The number of para-hydroxylation sites is 2. The summed E-state index contributed by atoms with van der Waals surface area (Å²) in [5.74, 6) is 0.830. The molecule has 4 nitrogen and oxygen atoms in total. The average Bonchev–Trinajstić information content (AvgIpc) is 2.56. The highest BCUT2D eigenvalue weighted by Crippen LogP contribution is 2.21. The predicted octanol–water partition coefficient (Wildman–Crippen LogP) is 1.84. The zero-order valence-corrected chi connectivity index (χ0v) is 7.86. The molecule has 4 heteroatoms.